The predicted molar refractivity (Wildman–Crippen MR) is 127 cm³/mol. The predicted octanol–water partition coefficient (Wildman–Crippen LogP) is 2.93. The summed E-state index contributed by atoms with van der Waals surface area (Å²) in [6, 6.07) is 12.4. The van der Waals surface area contributed by atoms with Crippen LogP contribution in [0, 0.1) is 0 Å². The lowest BCUT2D eigenvalue weighted by molar-refractivity contribution is -0.140. The number of hydrogen-bond acceptors (Lipinski definition) is 7. The molecule has 4 rings (SSSR count). The molecule has 0 saturated carbocycles. The monoisotopic (exact) mass is 466 g/mol. The van der Waals surface area contributed by atoms with Crippen molar-refractivity contribution < 1.29 is 29.3 Å². The Kier molecular flexibility index (Phi) is 7.19. The van der Waals surface area contributed by atoms with Gasteiger partial charge in [-0.3, -0.25) is 14.5 Å². The molecule has 0 radical (unpaired) electrons. The van der Waals surface area contributed by atoms with Crippen molar-refractivity contribution in [2.45, 2.75) is 26.0 Å². The Morgan fingerprint density at radius 1 is 1.03 bits per heavy atom. The van der Waals surface area contributed by atoms with Gasteiger partial charge in [0.1, 0.15) is 17.3 Å². The quantitative estimate of drug-likeness (QED) is 0.368. The average molecular weight is 467 g/mol. The highest BCUT2D eigenvalue weighted by molar-refractivity contribution is 6.46. The number of aliphatic hydroxyl groups is 1. The van der Waals surface area contributed by atoms with E-state index in [0.29, 0.717) is 43.2 Å². The number of amides is 1. The fourth-order valence-electron chi connectivity index (χ4n) is 4.31. The third kappa shape index (κ3) is 5.08. The van der Waals surface area contributed by atoms with Gasteiger partial charge in [-0.25, -0.2) is 0 Å². The van der Waals surface area contributed by atoms with Gasteiger partial charge in [-0.05, 0) is 55.8 Å². The normalized spacial score (nSPS) is 20.8. The van der Waals surface area contributed by atoms with Crippen LogP contribution in [0.5, 0.6) is 11.5 Å². The summed E-state index contributed by atoms with van der Waals surface area (Å²) in [7, 11) is 0. The van der Waals surface area contributed by atoms with Gasteiger partial charge >= 0.3 is 0 Å². The minimum Gasteiger partial charge on any atom is -0.508 e. The third-order valence-electron chi connectivity index (χ3n) is 6.01. The van der Waals surface area contributed by atoms with E-state index in [-0.39, 0.29) is 23.2 Å². The van der Waals surface area contributed by atoms with Crippen molar-refractivity contribution in [3.05, 3.63) is 65.2 Å². The van der Waals surface area contributed by atoms with Gasteiger partial charge in [0.2, 0.25) is 0 Å². The Balaban J connectivity index is 1.69. The number of phenols is 1. The van der Waals surface area contributed by atoms with Crippen molar-refractivity contribution in [1.29, 1.82) is 0 Å². The Bertz CT molecular complexity index is 1060. The molecule has 180 valence electrons. The van der Waals surface area contributed by atoms with Gasteiger partial charge in [-0.15, -0.1) is 0 Å². The maximum absolute atomic E-state index is 13.1. The number of rotatable bonds is 7. The summed E-state index contributed by atoms with van der Waals surface area (Å²) in [5.41, 5.74) is 1.10. The third-order valence-corrected chi connectivity index (χ3v) is 6.01. The minimum atomic E-state index is -0.756. The fourth-order valence-corrected chi connectivity index (χ4v) is 4.31. The molecule has 2 aliphatic rings. The first kappa shape index (κ1) is 23.8. The van der Waals surface area contributed by atoms with Gasteiger partial charge < -0.3 is 24.6 Å². The minimum absolute atomic E-state index is 0.00531. The van der Waals surface area contributed by atoms with Crippen molar-refractivity contribution in [1.82, 2.24) is 9.80 Å². The first-order valence-corrected chi connectivity index (χ1v) is 11.5. The zero-order chi connectivity index (χ0) is 24.2. The number of ether oxygens (including phenoxy) is 2. The molecule has 0 unspecified atom stereocenters. The number of aromatic hydroxyl groups is 1. The van der Waals surface area contributed by atoms with E-state index >= 15 is 0 Å². The molecule has 34 heavy (non-hydrogen) atoms. The average Bonchev–Trinajstić information content (AvgIpc) is 3.08. The van der Waals surface area contributed by atoms with Crippen molar-refractivity contribution >= 4 is 17.4 Å². The molecule has 2 N–H and O–H groups in total. The topological polar surface area (TPSA) is 99.5 Å². The van der Waals surface area contributed by atoms with Crippen LogP contribution in [0.15, 0.2) is 54.1 Å². The Labute approximate surface area is 199 Å². The number of carbonyl (C=O) groups is 2. The van der Waals surface area contributed by atoms with E-state index in [1.807, 2.05) is 13.8 Å². The molecule has 0 aromatic heterocycles. The van der Waals surface area contributed by atoms with Crippen LogP contribution in [-0.4, -0.2) is 77.2 Å². The number of nitrogens with zero attached hydrogens (tertiary/aromatic N) is 2. The SMILES string of the molecule is CC(C)Oc1ccc(C(O)=C2C(=O)C(=O)N(CCN3CCOCC3)[C@H]2c2ccc(O)cc2)cc1. The first-order valence-electron chi connectivity index (χ1n) is 11.5. The van der Waals surface area contributed by atoms with Crippen LogP contribution in [0.25, 0.3) is 5.76 Å². The Morgan fingerprint density at radius 2 is 1.68 bits per heavy atom. The van der Waals surface area contributed by atoms with Gasteiger partial charge in [0, 0.05) is 31.7 Å². The number of aliphatic hydroxyl groups excluding tert-OH is 1. The van der Waals surface area contributed by atoms with Crippen LogP contribution in [0.4, 0.5) is 0 Å². The van der Waals surface area contributed by atoms with E-state index in [1.54, 1.807) is 36.4 Å². The van der Waals surface area contributed by atoms with Crippen LogP contribution >= 0.6 is 0 Å². The van der Waals surface area contributed by atoms with E-state index < -0.39 is 17.7 Å². The molecular weight excluding hydrogens is 436 g/mol. The second-order valence-corrected chi connectivity index (χ2v) is 8.73. The second-order valence-electron chi connectivity index (χ2n) is 8.73. The largest absolute Gasteiger partial charge is 0.508 e. The molecule has 0 aliphatic carbocycles. The molecule has 8 heteroatoms. The number of ketones is 1. The summed E-state index contributed by atoms with van der Waals surface area (Å²) in [6.45, 7) is 7.55. The molecule has 0 bridgehead atoms. The number of phenolic OH excluding ortho intramolecular Hbond substituents is 1. The fraction of sp³-hybridized carbons (Fsp3) is 0.385. The summed E-state index contributed by atoms with van der Waals surface area (Å²) in [5.74, 6) is -0.878. The highest BCUT2D eigenvalue weighted by Crippen LogP contribution is 2.39. The van der Waals surface area contributed by atoms with E-state index in [2.05, 4.69) is 4.90 Å². The lowest BCUT2D eigenvalue weighted by Gasteiger charge is -2.31. The van der Waals surface area contributed by atoms with E-state index in [0.717, 1.165) is 13.1 Å². The molecule has 1 atom stereocenters. The number of likely N-dealkylation sites (tertiary alicyclic amines) is 1. The second kappa shape index (κ2) is 10.3. The number of carbonyl (C=O) groups excluding carboxylic acids is 2. The molecule has 2 heterocycles. The Morgan fingerprint density at radius 3 is 2.29 bits per heavy atom. The number of Topliss-reactive ketones (excluding diaryl/α,β-unsaturated/α-hetero) is 1. The summed E-state index contributed by atoms with van der Waals surface area (Å²) in [6.07, 6.45) is 0.00531. The van der Waals surface area contributed by atoms with Crippen LogP contribution < -0.4 is 4.74 Å². The first-order chi connectivity index (χ1) is 16.3. The maximum atomic E-state index is 13.1. The highest BCUT2D eigenvalue weighted by atomic mass is 16.5. The van der Waals surface area contributed by atoms with Crippen molar-refractivity contribution in [3.8, 4) is 11.5 Å². The van der Waals surface area contributed by atoms with Crippen molar-refractivity contribution in [3.63, 3.8) is 0 Å². The standard InChI is InChI=1S/C26H30N2O6/c1-17(2)34-21-9-5-19(6-10-21)24(30)22-23(18-3-7-20(29)8-4-18)28(26(32)25(22)31)12-11-27-13-15-33-16-14-27/h3-10,17,23,29-30H,11-16H2,1-2H3/t23-/m0/s1. The zero-order valence-electron chi connectivity index (χ0n) is 19.4. The summed E-state index contributed by atoms with van der Waals surface area (Å²) in [4.78, 5) is 29.9. The van der Waals surface area contributed by atoms with E-state index in [1.165, 1.54) is 17.0 Å². The van der Waals surface area contributed by atoms with Crippen LogP contribution in [0.2, 0.25) is 0 Å². The Hall–Kier alpha value is -3.36. The lowest BCUT2D eigenvalue weighted by Crippen LogP contribution is -2.42. The van der Waals surface area contributed by atoms with E-state index in [4.69, 9.17) is 9.47 Å². The molecule has 2 aromatic carbocycles. The molecule has 0 spiro atoms. The van der Waals surface area contributed by atoms with Crippen molar-refractivity contribution in [2.24, 2.45) is 0 Å². The zero-order valence-corrected chi connectivity index (χ0v) is 19.4. The lowest BCUT2D eigenvalue weighted by atomic mass is 9.95. The molecule has 1 amide bonds. The molecule has 2 aliphatic heterocycles. The van der Waals surface area contributed by atoms with Gasteiger partial charge in [-0.1, -0.05) is 12.1 Å². The molecule has 2 saturated heterocycles. The van der Waals surface area contributed by atoms with Crippen LogP contribution in [0.1, 0.15) is 31.0 Å². The number of morpholine rings is 1. The van der Waals surface area contributed by atoms with Crippen LogP contribution in [0.3, 0.4) is 0 Å². The summed E-state index contributed by atoms with van der Waals surface area (Å²) < 4.78 is 11.0. The highest BCUT2D eigenvalue weighted by Gasteiger charge is 2.46. The number of benzene rings is 2. The van der Waals surface area contributed by atoms with Crippen molar-refractivity contribution in [2.75, 3.05) is 39.4 Å². The van der Waals surface area contributed by atoms with E-state index in [9.17, 15) is 19.8 Å². The smallest absolute Gasteiger partial charge is 0.295 e. The van der Waals surface area contributed by atoms with Gasteiger partial charge in [-0.2, -0.15) is 0 Å². The van der Waals surface area contributed by atoms with Gasteiger partial charge in [0.05, 0.1) is 30.9 Å². The van der Waals surface area contributed by atoms with Crippen LogP contribution in [-0.2, 0) is 14.3 Å². The molecule has 2 aromatic rings. The maximum Gasteiger partial charge on any atom is 0.295 e. The van der Waals surface area contributed by atoms with Gasteiger partial charge in [0.25, 0.3) is 11.7 Å². The molecule has 2 fully saturated rings. The van der Waals surface area contributed by atoms with Gasteiger partial charge in [0.15, 0.2) is 0 Å². The summed E-state index contributed by atoms with van der Waals surface area (Å²) in [5, 5.41) is 20.9. The summed E-state index contributed by atoms with van der Waals surface area (Å²) >= 11 is 0. The molecule has 8 nitrogen and oxygen atoms in total. The molecular formula is C26H30N2O6. The number of hydrogen-bond donors (Lipinski definition) is 2.